The summed E-state index contributed by atoms with van der Waals surface area (Å²) in [5.74, 6) is 0.973. The molecule has 0 saturated carbocycles. The molecule has 1 atom stereocenters. The molecule has 0 heterocycles. The summed E-state index contributed by atoms with van der Waals surface area (Å²) in [5, 5.41) is 3.02. The van der Waals surface area contributed by atoms with Crippen molar-refractivity contribution >= 4 is 11.6 Å². The first-order chi connectivity index (χ1) is 9.03. The van der Waals surface area contributed by atoms with E-state index in [2.05, 4.69) is 19.2 Å². The summed E-state index contributed by atoms with van der Waals surface area (Å²) in [7, 11) is 1.57. The SMILES string of the molecule is CCC(CC)C(C)NC(=O)c1cc(OC)ccc1N. The highest BCUT2D eigenvalue weighted by Crippen LogP contribution is 2.20. The molecule has 4 nitrogen and oxygen atoms in total. The van der Waals surface area contributed by atoms with Crippen molar-refractivity contribution in [1.29, 1.82) is 0 Å². The summed E-state index contributed by atoms with van der Waals surface area (Å²) in [6.45, 7) is 6.30. The number of nitrogens with one attached hydrogen (secondary N) is 1. The zero-order valence-corrected chi connectivity index (χ0v) is 12.2. The Morgan fingerprint density at radius 2 is 2.00 bits per heavy atom. The number of ether oxygens (including phenoxy) is 1. The van der Waals surface area contributed by atoms with Gasteiger partial charge in [0.05, 0.1) is 12.7 Å². The molecule has 1 aromatic rings. The summed E-state index contributed by atoms with van der Waals surface area (Å²) >= 11 is 0. The third kappa shape index (κ3) is 3.88. The molecule has 1 unspecified atom stereocenters. The summed E-state index contributed by atoms with van der Waals surface area (Å²) < 4.78 is 5.12. The predicted octanol–water partition coefficient (Wildman–Crippen LogP) is 2.83. The van der Waals surface area contributed by atoms with Crippen LogP contribution in [0.25, 0.3) is 0 Å². The van der Waals surface area contributed by atoms with Gasteiger partial charge in [0.1, 0.15) is 5.75 Å². The smallest absolute Gasteiger partial charge is 0.253 e. The summed E-state index contributed by atoms with van der Waals surface area (Å²) in [5.41, 5.74) is 6.78. The molecule has 106 valence electrons. The minimum absolute atomic E-state index is 0.133. The van der Waals surface area contributed by atoms with Gasteiger partial charge in [0.2, 0.25) is 0 Å². The first-order valence-electron chi connectivity index (χ1n) is 6.77. The van der Waals surface area contributed by atoms with E-state index < -0.39 is 0 Å². The van der Waals surface area contributed by atoms with Gasteiger partial charge in [-0.3, -0.25) is 4.79 Å². The highest BCUT2D eigenvalue weighted by atomic mass is 16.5. The van der Waals surface area contributed by atoms with E-state index >= 15 is 0 Å². The fourth-order valence-corrected chi connectivity index (χ4v) is 2.26. The molecule has 0 aliphatic heterocycles. The van der Waals surface area contributed by atoms with Gasteiger partial charge in [-0.15, -0.1) is 0 Å². The number of hydrogen-bond acceptors (Lipinski definition) is 3. The maximum atomic E-state index is 12.2. The molecule has 0 saturated heterocycles. The van der Waals surface area contributed by atoms with Gasteiger partial charge in [-0.25, -0.2) is 0 Å². The second-order valence-electron chi connectivity index (χ2n) is 4.79. The van der Waals surface area contributed by atoms with Crippen LogP contribution in [0.2, 0.25) is 0 Å². The van der Waals surface area contributed by atoms with Gasteiger partial charge in [-0.05, 0) is 31.0 Å². The Kier molecular flexibility index (Phi) is 5.67. The predicted molar refractivity (Wildman–Crippen MR) is 78.4 cm³/mol. The largest absolute Gasteiger partial charge is 0.497 e. The van der Waals surface area contributed by atoms with Gasteiger partial charge in [-0.2, -0.15) is 0 Å². The second kappa shape index (κ2) is 7.02. The van der Waals surface area contributed by atoms with Crippen molar-refractivity contribution < 1.29 is 9.53 Å². The molecular formula is C15H24N2O2. The summed E-state index contributed by atoms with van der Waals surface area (Å²) in [6, 6.07) is 5.24. The Morgan fingerprint density at radius 1 is 1.37 bits per heavy atom. The van der Waals surface area contributed by atoms with Gasteiger partial charge in [0.25, 0.3) is 5.91 Å². The lowest BCUT2D eigenvalue weighted by atomic mass is 9.95. The van der Waals surface area contributed by atoms with Crippen LogP contribution < -0.4 is 15.8 Å². The van der Waals surface area contributed by atoms with Crippen LogP contribution in [0, 0.1) is 5.92 Å². The van der Waals surface area contributed by atoms with Gasteiger partial charge in [0, 0.05) is 11.7 Å². The Morgan fingerprint density at radius 3 is 2.53 bits per heavy atom. The number of carbonyl (C=O) groups is 1. The zero-order valence-electron chi connectivity index (χ0n) is 12.2. The molecule has 0 radical (unpaired) electrons. The number of anilines is 1. The van der Waals surface area contributed by atoms with E-state index in [4.69, 9.17) is 10.5 Å². The number of nitrogens with two attached hydrogens (primary N) is 1. The first kappa shape index (κ1) is 15.3. The average molecular weight is 264 g/mol. The van der Waals surface area contributed by atoms with Crippen LogP contribution >= 0.6 is 0 Å². The Hall–Kier alpha value is -1.71. The normalized spacial score (nSPS) is 12.3. The van der Waals surface area contributed by atoms with Crippen molar-refractivity contribution in [2.75, 3.05) is 12.8 Å². The van der Waals surface area contributed by atoms with E-state index in [-0.39, 0.29) is 11.9 Å². The Balaban J connectivity index is 2.83. The molecule has 1 rings (SSSR count). The van der Waals surface area contributed by atoms with Crippen molar-refractivity contribution in [3.05, 3.63) is 23.8 Å². The quantitative estimate of drug-likeness (QED) is 0.776. The van der Waals surface area contributed by atoms with E-state index in [1.54, 1.807) is 25.3 Å². The van der Waals surface area contributed by atoms with Crippen molar-refractivity contribution in [1.82, 2.24) is 5.32 Å². The molecule has 0 aliphatic carbocycles. The molecular weight excluding hydrogens is 240 g/mol. The minimum Gasteiger partial charge on any atom is -0.497 e. The topological polar surface area (TPSA) is 64.3 Å². The molecule has 0 aromatic heterocycles. The Labute approximate surface area is 115 Å². The van der Waals surface area contributed by atoms with Crippen LogP contribution in [-0.4, -0.2) is 19.1 Å². The fourth-order valence-electron chi connectivity index (χ4n) is 2.26. The van der Waals surface area contributed by atoms with Crippen LogP contribution in [0.1, 0.15) is 44.0 Å². The average Bonchev–Trinajstić information content (AvgIpc) is 2.40. The lowest BCUT2D eigenvalue weighted by Gasteiger charge is -2.22. The zero-order chi connectivity index (χ0) is 14.4. The number of amides is 1. The van der Waals surface area contributed by atoms with Gasteiger partial charge in [0.15, 0.2) is 0 Å². The molecule has 0 fully saturated rings. The maximum absolute atomic E-state index is 12.2. The molecule has 19 heavy (non-hydrogen) atoms. The number of nitrogen functional groups attached to an aromatic ring is 1. The number of benzene rings is 1. The van der Waals surface area contributed by atoms with E-state index in [1.807, 2.05) is 6.92 Å². The molecule has 1 amide bonds. The minimum atomic E-state index is -0.143. The van der Waals surface area contributed by atoms with Gasteiger partial charge < -0.3 is 15.8 Å². The summed E-state index contributed by atoms with van der Waals surface area (Å²) in [4.78, 5) is 12.2. The van der Waals surface area contributed by atoms with E-state index in [0.29, 0.717) is 22.9 Å². The number of hydrogen-bond donors (Lipinski definition) is 2. The van der Waals surface area contributed by atoms with Crippen molar-refractivity contribution in [2.24, 2.45) is 5.92 Å². The third-order valence-corrected chi connectivity index (χ3v) is 3.62. The fraction of sp³-hybridized carbons (Fsp3) is 0.533. The van der Waals surface area contributed by atoms with Crippen molar-refractivity contribution in [3.8, 4) is 5.75 Å². The lowest BCUT2D eigenvalue weighted by Crippen LogP contribution is -2.38. The highest BCUT2D eigenvalue weighted by molar-refractivity contribution is 5.99. The number of carbonyl (C=O) groups excluding carboxylic acids is 1. The van der Waals surface area contributed by atoms with E-state index in [1.165, 1.54) is 0 Å². The van der Waals surface area contributed by atoms with Crippen LogP contribution in [0.3, 0.4) is 0 Å². The monoisotopic (exact) mass is 264 g/mol. The Bertz CT molecular complexity index is 428. The number of methoxy groups -OCH3 is 1. The van der Waals surface area contributed by atoms with Crippen LogP contribution in [0.15, 0.2) is 18.2 Å². The second-order valence-corrected chi connectivity index (χ2v) is 4.79. The molecule has 3 N–H and O–H groups in total. The van der Waals surface area contributed by atoms with E-state index in [0.717, 1.165) is 12.8 Å². The molecule has 0 bridgehead atoms. The maximum Gasteiger partial charge on any atom is 0.253 e. The van der Waals surface area contributed by atoms with Crippen molar-refractivity contribution in [3.63, 3.8) is 0 Å². The van der Waals surface area contributed by atoms with Gasteiger partial charge >= 0.3 is 0 Å². The van der Waals surface area contributed by atoms with Crippen LogP contribution in [0.5, 0.6) is 5.75 Å². The number of rotatable bonds is 6. The van der Waals surface area contributed by atoms with Crippen LogP contribution in [-0.2, 0) is 0 Å². The van der Waals surface area contributed by atoms with Crippen LogP contribution in [0.4, 0.5) is 5.69 Å². The van der Waals surface area contributed by atoms with Crippen molar-refractivity contribution in [2.45, 2.75) is 39.7 Å². The molecule has 1 aromatic carbocycles. The first-order valence-corrected chi connectivity index (χ1v) is 6.77. The van der Waals surface area contributed by atoms with Gasteiger partial charge in [-0.1, -0.05) is 26.7 Å². The highest BCUT2D eigenvalue weighted by Gasteiger charge is 2.18. The molecule has 0 aliphatic rings. The third-order valence-electron chi connectivity index (χ3n) is 3.62. The molecule has 4 heteroatoms. The lowest BCUT2D eigenvalue weighted by molar-refractivity contribution is 0.0926. The standard InChI is InChI=1S/C15H24N2O2/c1-5-11(6-2)10(3)17-15(18)13-9-12(19-4)7-8-14(13)16/h7-11H,5-6,16H2,1-4H3,(H,17,18). The van der Waals surface area contributed by atoms with E-state index in [9.17, 15) is 4.79 Å². The molecule has 0 spiro atoms. The summed E-state index contributed by atoms with van der Waals surface area (Å²) in [6.07, 6.45) is 2.09.